The van der Waals surface area contributed by atoms with E-state index in [4.69, 9.17) is 0 Å². The van der Waals surface area contributed by atoms with Crippen LogP contribution >= 0.6 is 0 Å². The second-order valence-electron chi connectivity index (χ2n) is 8.20. The second-order valence-corrected chi connectivity index (χ2v) is 8.20. The third kappa shape index (κ3) is 3.56. The Morgan fingerprint density at radius 2 is 1.73 bits per heavy atom. The fraction of sp³-hybridized carbons (Fsp3) is 0.391. The Bertz CT molecular complexity index is 949. The molecule has 0 radical (unpaired) electrons. The summed E-state index contributed by atoms with van der Waals surface area (Å²) in [5, 5.41) is 3.14. The van der Waals surface area contributed by atoms with E-state index in [1.807, 2.05) is 35.2 Å². The summed E-state index contributed by atoms with van der Waals surface area (Å²) in [6.45, 7) is 4.37. The van der Waals surface area contributed by atoms with Crippen LogP contribution in [-0.2, 0) is 9.59 Å². The molecule has 3 heterocycles. The van der Waals surface area contributed by atoms with Crippen molar-refractivity contribution in [1.82, 2.24) is 20.1 Å². The standard InChI is InChI=1S/C23H26N4O3/c1-16(28)25-23-14-26(22(30)19-8-11-24-12-9-19)13-10-20(23)21(27(15-23)17(2)29)18-6-4-3-5-7-18/h3-9,11-12,20-21H,10,13-15H2,1-2H3,(H,25,28)/t20-,21-,23-/m1/s1. The van der Waals surface area contributed by atoms with E-state index >= 15 is 0 Å². The lowest BCUT2D eigenvalue weighted by atomic mass is 9.75. The number of nitrogens with zero attached hydrogens (tertiary/aromatic N) is 3. The molecule has 2 fully saturated rings. The molecule has 2 saturated heterocycles. The highest BCUT2D eigenvalue weighted by atomic mass is 16.2. The fourth-order valence-corrected chi connectivity index (χ4v) is 5.10. The lowest BCUT2D eigenvalue weighted by Crippen LogP contribution is -2.64. The van der Waals surface area contributed by atoms with Crippen molar-refractivity contribution in [2.75, 3.05) is 19.6 Å². The maximum absolute atomic E-state index is 13.1. The van der Waals surface area contributed by atoms with E-state index < -0.39 is 5.54 Å². The highest BCUT2D eigenvalue weighted by Gasteiger charge is 2.57. The van der Waals surface area contributed by atoms with Crippen LogP contribution in [0.5, 0.6) is 0 Å². The molecule has 0 bridgehead atoms. The van der Waals surface area contributed by atoms with E-state index in [-0.39, 0.29) is 29.7 Å². The maximum atomic E-state index is 13.1. The Morgan fingerprint density at radius 1 is 1.03 bits per heavy atom. The van der Waals surface area contributed by atoms with Crippen molar-refractivity contribution in [2.45, 2.75) is 31.8 Å². The average molecular weight is 406 g/mol. The van der Waals surface area contributed by atoms with E-state index in [9.17, 15) is 14.4 Å². The first-order chi connectivity index (χ1) is 14.4. The zero-order valence-corrected chi connectivity index (χ0v) is 17.2. The van der Waals surface area contributed by atoms with E-state index in [0.29, 0.717) is 31.6 Å². The van der Waals surface area contributed by atoms with Crippen LogP contribution in [0.15, 0.2) is 54.9 Å². The summed E-state index contributed by atoms with van der Waals surface area (Å²) in [5.41, 5.74) is 0.945. The molecule has 0 spiro atoms. The molecule has 3 amide bonds. The SMILES string of the molecule is CC(=O)N[C@@]12CN(C(=O)c3ccncc3)CC[C@@H]1[C@@H](c1ccccc1)N(C(C)=O)C2. The molecule has 1 aromatic carbocycles. The number of piperidine rings is 1. The number of carbonyl (C=O) groups excluding carboxylic acids is 3. The Kier molecular flexibility index (Phi) is 5.28. The van der Waals surface area contributed by atoms with E-state index in [1.54, 1.807) is 36.4 Å². The van der Waals surface area contributed by atoms with E-state index in [1.165, 1.54) is 6.92 Å². The summed E-state index contributed by atoms with van der Waals surface area (Å²) in [6, 6.07) is 13.2. The summed E-state index contributed by atoms with van der Waals surface area (Å²) < 4.78 is 0. The first-order valence-corrected chi connectivity index (χ1v) is 10.2. The van der Waals surface area contributed by atoms with E-state index in [0.717, 1.165) is 5.56 Å². The Morgan fingerprint density at radius 3 is 2.37 bits per heavy atom. The molecule has 0 unspecified atom stereocenters. The van der Waals surface area contributed by atoms with Crippen LogP contribution in [-0.4, -0.2) is 57.7 Å². The van der Waals surface area contributed by atoms with Crippen LogP contribution in [0, 0.1) is 5.92 Å². The smallest absolute Gasteiger partial charge is 0.254 e. The molecule has 3 atom stereocenters. The molecule has 1 aromatic heterocycles. The topological polar surface area (TPSA) is 82.6 Å². The minimum Gasteiger partial charge on any atom is -0.347 e. The number of aromatic nitrogens is 1. The quantitative estimate of drug-likeness (QED) is 0.846. The summed E-state index contributed by atoms with van der Waals surface area (Å²) in [6.07, 6.45) is 3.89. The predicted octanol–water partition coefficient (Wildman–Crippen LogP) is 2.02. The van der Waals surface area contributed by atoms with Gasteiger partial charge < -0.3 is 15.1 Å². The number of hydrogen-bond donors (Lipinski definition) is 1. The van der Waals surface area contributed by atoms with Crippen LogP contribution in [0.4, 0.5) is 0 Å². The number of rotatable bonds is 3. The van der Waals surface area contributed by atoms with Gasteiger partial charge in [0.05, 0.1) is 11.6 Å². The van der Waals surface area contributed by atoms with Crippen LogP contribution in [0.2, 0.25) is 0 Å². The normalized spacial score (nSPS) is 25.5. The number of fused-ring (bicyclic) bond motifs is 1. The van der Waals surface area contributed by atoms with Crippen molar-refractivity contribution in [3.05, 3.63) is 66.0 Å². The van der Waals surface area contributed by atoms with Gasteiger partial charge in [0.1, 0.15) is 0 Å². The Labute approximate surface area is 176 Å². The molecule has 4 rings (SSSR count). The molecule has 30 heavy (non-hydrogen) atoms. The lowest BCUT2D eigenvalue weighted by Gasteiger charge is -2.45. The summed E-state index contributed by atoms with van der Waals surface area (Å²) in [7, 11) is 0. The monoisotopic (exact) mass is 406 g/mol. The van der Waals surface area contributed by atoms with Crippen molar-refractivity contribution >= 4 is 17.7 Å². The first-order valence-electron chi connectivity index (χ1n) is 10.2. The predicted molar refractivity (Wildman–Crippen MR) is 111 cm³/mol. The van der Waals surface area contributed by atoms with Crippen molar-refractivity contribution in [1.29, 1.82) is 0 Å². The number of carbonyl (C=O) groups is 3. The van der Waals surface area contributed by atoms with Crippen molar-refractivity contribution in [3.8, 4) is 0 Å². The number of nitrogens with one attached hydrogen (secondary N) is 1. The lowest BCUT2D eigenvalue weighted by molar-refractivity contribution is -0.130. The molecule has 7 heteroatoms. The third-order valence-corrected chi connectivity index (χ3v) is 6.25. The molecule has 2 aliphatic rings. The molecule has 0 saturated carbocycles. The van der Waals surface area contributed by atoms with Gasteiger partial charge >= 0.3 is 0 Å². The average Bonchev–Trinajstić information content (AvgIpc) is 3.08. The van der Waals surface area contributed by atoms with Crippen LogP contribution in [0.1, 0.15) is 42.2 Å². The Hall–Kier alpha value is -3.22. The third-order valence-electron chi connectivity index (χ3n) is 6.25. The Balaban J connectivity index is 1.70. The van der Waals surface area contributed by atoms with Gasteiger partial charge in [-0.2, -0.15) is 0 Å². The molecule has 7 nitrogen and oxygen atoms in total. The van der Waals surface area contributed by atoms with Crippen LogP contribution in [0.3, 0.4) is 0 Å². The minimum absolute atomic E-state index is 0.0224. The van der Waals surface area contributed by atoms with E-state index in [2.05, 4.69) is 10.3 Å². The van der Waals surface area contributed by atoms with Crippen LogP contribution < -0.4 is 5.32 Å². The zero-order chi connectivity index (χ0) is 21.3. The number of pyridine rings is 1. The summed E-state index contributed by atoms with van der Waals surface area (Å²) >= 11 is 0. The highest BCUT2D eigenvalue weighted by Crippen LogP contribution is 2.47. The molecular weight excluding hydrogens is 380 g/mol. The summed E-state index contributed by atoms with van der Waals surface area (Å²) in [4.78, 5) is 45.5. The van der Waals surface area contributed by atoms with Gasteiger partial charge in [-0.1, -0.05) is 30.3 Å². The number of hydrogen-bond acceptors (Lipinski definition) is 4. The van der Waals surface area contributed by atoms with Gasteiger partial charge in [-0.15, -0.1) is 0 Å². The molecule has 1 N–H and O–H groups in total. The van der Waals surface area contributed by atoms with Gasteiger partial charge in [-0.05, 0) is 24.1 Å². The van der Waals surface area contributed by atoms with Crippen molar-refractivity contribution in [2.24, 2.45) is 5.92 Å². The zero-order valence-electron chi connectivity index (χ0n) is 17.2. The number of likely N-dealkylation sites (tertiary alicyclic amines) is 2. The van der Waals surface area contributed by atoms with Crippen LogP contribution in [0.25, 0.3) is 0 Å². The van der Waals surface area contributed by atoms with Gasteiger partial charge in [0.25, 0.3) is 5.91 Å². The maximum Gasteiger partial charge on any atom is 0.254 e. The van der Waals surface area contributed by atoms with Gasteiger partial charge in [-0.25, -0.2) is 0 Å². The number of amides is 3. The van der Waals surface area contributed by atoms with Gasteiger partial charge in [-0.3, -0.25) is 19.4 Å². The summed E-state index contributed by atoms with van der Waals surface area (Å²) in [5.74, 6) is -0.252. The molecule has 2 aliphatic heterocycles. The van der Waals surface area contributed by atoms with Crippen molar-refractivity contribution < 1.29 is 14.4 Å². The minimum atomic E-state index is -0.682. The molecule has 0 aliphatic carbocycles. The number of benzene rings is 1. The van der Waals surface area contributed by atoms with Gasteiger partial charge in [0.2, 0.25) is 11.8 Å². The molecule has 2 aromatic rings. The van der Waals surface area contributed by atoms with Gasteiger partial charge in [0.15, 0.2) is 0 Å². The largest absolute Gasteiger partial charge is 0.347 e. The van der Waals surface area contributed by atoms with Crippen molar-refractivity contribution in [3.63, 3.8) is 0 Å². The molecule has 156 valence electrons. The van der Waals surface area contributed by atoms with Gasteiger partial charge in [0, 0.05) is 57.4 Å². The fourth-order valence-electron chi connectivity index (χ4n) is 5.10. The second kappa shape index (κ2) is 7.89. The highest BCUT2D eigenvalue weighted by molar-refractivity contribution is 5.94. The molecular formula is C23H26N4O3. The first kappa shape index (κ1) is 20.1.